The minimum atomic E-state index is 0.546. The van der Waals surface area contributed by atoms with Crippen molar-refractivity contribution in [2.45, 2.75) is 66.0 Å². The predicted molar refractivity (Wildman–Crippen MR) is 58.9 cm³/mol. The van der Waals surface area contributed by atoms with Gasteiger partial charge in [-0.15, -0.1) is 0 Å². The van der Waals surface area contributed by atoms with Gasteiger partial charge >= 0.3 is 0 Å². The summed E-state index contributed by atoms with van der Waals surface area (Å²) in [6.45, 7) is 11.7. The van der Waals surface area contributed by atoms with Gasteiger partial charge in [-0.25, -0.2) is 0 Å². The van der Waals surface area contributed by atoms with Gasteiger partial charge in [0.05, 0.1) is 0 Å². The van der Waals surface area contributed by atoms with Crippen molar-refractivity contribution in [2.24, 2.45) is 11.3 Å². The molecule has 1 N–H and O–H groups in total. The van der Waals surface area contributed by atoms with Gasteiger partial charge in [-0.2, -0.15) is 0 Å². The van der Waals surface area contributed by atoms with Gasteiger partial charge in [0.1, 0.15) is 0 Å². The van der Waals surface area contributed by atoms with Crippen molar-refractivity contribution < 1.29 is 0 Å². The SMILES string of the molecule is CC(C)N[C@H]1C[C@@H](C)CC(C)(C)C1. The molecule has 0 aromatic carbocycles. The summed E-state index contributed by atoms with van der Waals surface area (Å²) in [5, 5.41) is 3.67. The molecule has 0 bridgehead atoms. The first kappa shape index (κ1) is 11.0. The molecule has 1 aliphatic rings. The highest BCUT2D eigenvalue weighted by Gasteiger charge is 2.31. The van der Waals surface area contributed by atoms with Crippen molar-refractivity contribution in [3.8, 4) is 0 Å². The Morgan fingerprint density at radius 1 is 1.23 bits per heavy atom. The van der Waals surface area contributed by atoms with Crippen molar-refractivity contribution in [1.82, 2.24) is 5.32 Å². The number of hydrogen-bond acceptors (Lipinski definition) is 1. The molecule has 0 aromatic rings. The molecule has 0 unspecified atom stereocenters. The first-order chi connectivity index (χ1) is 5.89. The number of hydrogen-bond donors (Lipinski definition) is 1. The van der Waals surface area contributed by atoms with E-state index in [0.29, 0.717) is 11.5 Å². The van der Waals surface area contributed by atoms with E-state index in [9.17, 15) is 0 Å². The van der Waals surface area contributed by atoms with E-state index in [1.807, 2.05) is 0 Å². The summed E-state index contributed by atoms with van der Waals surface area (Å²) in [6, 6.07) is 1.38. The van der Waals surface area contributed by atoms with Crippen LogP contribution in [0.25, 0.3) is 0 Å². The summed E-state index contributed by atoms with van der Waals surface area (Å²) in [5.74, 6) is 0.889. The largest absolute Gasteiger partial charge is 0.312 e. The van der Waals surface area contributed by atoms with Crippen LogP contribution in [0.1, 0.15) is 53.9 Å². The lowest BCUT2D eigenvalue weighted by Crippen LogP contribution is -2.42. The lowest BCUT2D eigenvalue weighted by atomic mass is 9.70. The fourth-order valence-corrected chi connectivity index (χ4v) is 2.94. The first-order valence-electron chi connectivity index (χ1n) is 5.65. The maximum atomic E-state index is 3.67. The minimum absolute atomic E-state index is 0.546. The Morgan fingerprint density at radius 2 is 1.85 bits per heavy atom. The Kier molecular flexibility index (Phi) is 3.39. The fourth-order valence-electron chi connectivity index (χ4n) is 2.94. The lowest BCUT2D eigenvalue weighted by Gasteiger charge is -2.40. The smallest absolute Gasteiger partial charge is 0.00770 e. The van der Waals surface area contributed by atoms with Crippen LogP contribution in [-0.2, 0) is 0 Å². The van der Waals surface area contributed by atoms with Gasteiger partial charge in [-0.3, -0.25) is 0 Å². The van der Waals surface area contributed by atoms with Crippen LogP contribution >= 0.6 is 0 Å². The Bertz CT molecular complexity index is 159. The molecule has 0 aromatic heterocycles. The van der Waals surface area contributed by atoms with Crippen molar-refractivity contribution in [3.05, 3.63) is 0 Å². The summed E-state index contributed by atoms with van der Waals surface area (Å²) in [6.07, 6.45) is 4.10. The van der Waals surface area contributed by atoms with Crippen LogP contribution in [-0.4, -0.2) is 12.1 Å². The van der Waals surface area contributed by atoms with Crippen LogP contribution < -0.4 is 5.32 Å². The van der Waals surface area contributed by atoms with E-state index >= 15 is 0 Å². The monoisotopic (exact) mass is 183 g/mol. The van der Waals surface area contributed by atoms with Crippen LogP contribution in [0.3, 0.4) is 0 Å². The van der Waals surface area contributed by atoms with Crippen molar-refractivity contribution in [2.75, 3.05) is 0 Å². The van der Waals surface area contributed by atoms with Crippen molar-refractivity contribution in [3.63, 3.8) is 0 Å². The van der Waals surface area contributed by atoms with Gasteiger partial charge in [0.2, 0.25) is 0 Å². The molecule has 0 spiro atoms. The average molecular weight is 183 g/mol. The molecule has 13 heavy (non-hydrogen) atoms. The van der Waals surface area contributed by atoms with Crippen LogP contribution in [0, 0.1) is 11.3 Å². The van der Waals surface area contributed by atoms with Crippen LogP contribution in [0.2, 0.25) is 0 Å². The summed E-state index contributed by atoms with van der Waals surface area (Å²) in [4.78, 5) is 0. The maximum absolute atomic E-state index is 3.67. The molecular weight excluding hydrogens is 158 g/mol. The van der Waals surface area contributed by atoms with Gasteiger partial charge in [0, 0.05) is 12.1 Å². The molecular formula is C12H25N. The fraction of sp³-hybridized carbons (Fsp3) is 1.00. The second-order valence-corrected chi connectivity index (χ2v) is 5.93. The van der Waals surface area contributed by atoms with E-state index in [1.54, 1.807) is 0 Å². The third kappa shape index (κ3) is 3.68. The Hall–Kier alpha value is -0.0400. The zero-order valence-electron chi connectivity index (χ0n) is 9.85. The molecule has 0 amide bonds. The highest BCUT2D eigenvalue weighted by Crippen LogP contribution is 2.38. The molecule has 1 saturated carbocycles. The highest BCUT2D eigenvalue weighted by atomic mass is 14.9. The van der Waals surface area contributed by atoms with E-state index in [1.165, 1.54) is 19.3 Å². The zero-order valence-corrected chi connectivity index (χ0v) is 9.85. The summed E-state index contributed by atoms with van der Waals surface area (Å²) in [7, 11) is 0. The summed E-state index contributed by atoms with van der Waals surface area (Å²) >= 11 is 0. The predicted octanol–water partition coefficient (Wildman–Crippen LogP) is 3.20. The molecule has 0 heterocycles. The average Bonchev–Trinajstić information content (AvgIpc) is 1.78. The summed E-state index contributed by atoms with van der Waals surface area (Å²) in [5.41, 5.74) is 0.546. The summed E-state index contributed by atoms with van der Waals surface area (Å²) < 4.78 is 0. The van der Waals surface area contributed by atoms with Crippen LogP contribution in [0.4, 0.5) is 0 Å². The zero-order chi connectivity index (χ0) is 10.1. The quantitative estimate of drug-likeness (QED) is 0.693. The van der Waals surface area contributed by atoms with Crippen molar-refractivity contribution >= 4 is 0 Å². The highest BCUT2D eigenvalue weighted by molar-refractivity contribution is 4.86. The second-order valence-electron chi connectivity index (χ2n) is 5.93. The van der Waals surface area contributed by atoms with Crippen LogP contribution in [0.5, 0.6) is 0 Å². The minimum Gasteiger partial charge on any atom is -0.312 e. The molecule has 0 radical (unpaired) electrons. The van der Waals surface area contributed by atoms with E-state index in [2.05, 4.69) is 39.9 Å². The van der Waals surface area contributed by atoms with E-state index in [-0.39, 0.29) is 0 Å². The van der Waals surface area contributed by atoms with Gasteiger partial charge in [0.15, 0.2) is 0 Å². The topological polar surface area (TPSA) is 12.0 Å². The molecule has 0 aliphatic heterocycles. The Labute approximate surface area is 83.3 Å². The van der Waals surface area contributed by atoms with E-state index < -0.39 is 0 Å². The maximum Gasteiger partial charge on any atom is 0.00770 e. The molecule has 1 fully saturated rings. The van der Waals surface area contributed by atoms with Gasteiger partial charge in [-0.05, 0) is 30.6 Å². The van der Waals surface area contributed by atoms with Gasteiger partial charge in [0.25, 0.3) is 0 Å². The number of rotatable bonds is 2. The molecule has 1 heteroatoms. The van der Waals surface area contributed by atoms with E-state index in [0.717, 1.165) is 12.0 Å². The first-order valence-corrected chi connectivity index (χ1v) is 5.65. The van der Waals surface area contributed by atoms with Crippen molar-refractivity contribution in [1.29, 1.82) is 0 Å². The second kappa shape index (κ2) is 4.00. The van der Waals surface area contributed by atoms with E-state index in [4.69, 9.17) is 0 Å². The third-order valence-corrected chi connectivity index (χ3v) is 2.96. The molecule has 2 atom stereocenters. The van der Waals surface area contributed by atoms with Crippen LogP contribution in [0.15, 0.2) is 0 Å². The third-order valence-electron chi connectivity index (χ3n) is 2.96. The molecule has 0 saturated heterocycles. The Morgan fingerprint density at radius 3 is 2.31 bits per heavy atom. The van der Waals surface area contributed by atoms with Gasteiger partial charge in [-0.1, -0.05) is 34.6 Å². The Balaban J connectivity index is 2.48. The molecule has 1 aliphatic carbocycles. The normalized spacial score (nSPS) is 33.7. The van der Waals surface area contributed by atoms with Gasteiger partial charge < -0.3 is 5.32 Å². The molecule has 1 nitrogen and oxygen atoms in total. The number of nitrogens with one attached hydrogen (secondary N) is 1. The standard InChI is InChI=1S/C12H25N/c1-9(2)13-11-6-10(3)7-12(4,5)8-11/h9-11,13H,6-8H2,1-5H3/t10-,11+/m1/s1. The lowest BCUT2D eigenvalue weighted by molar-refractivity contribution is 0.147. The molecule has 78 valence electrons. The molecule has 1 rings (SSSR count).